The first-order valence-corrected chi connectivity index (χ1v) is 12.3. The van der Waals surface area contributed by atoms with E-state index in [1.54, 1.807) is 0 Å². The molecule has 2 aliphatic heterocycles. The van der Waals surface area contributed by atoms with Crippen molar-refractivity contribution in [3.63, 3.8) is 0 Å². The standard InChI is InChI=1S/C21H29N7.C4H6O6/c1-16-14-20(26-25-16)23-19-15-21(28-12-10-27(2)11-13-28)24-18(22-19)9-8-17-6-4-3-5-7-17;5-1(3(7)8)2(6)4(9)10/h3-9,15-16,20,25-26H,10-14H2,1-2H3,(H,22,23,24);1-2,5-6H,(H,7,8)(H,9,10). The summed E-state index contributed by atoms with van der Waals surface area (Å²) in [7, 11) is 2.16. The van der Waals surface area contributed by atoms with Crippen molar-refractivity contribution in [2.24, 2.45) is 0 Å². The summed E-state index contributed by atoms with van der Waals surface area (Å²) < 4.78 is 0. The molecule has 1 aromatic carbocycles. The number of likely N-dealkylation sites (N-methyl/N-ethyl adjacent to an activating group) is 1. The molecule has 0 spiro atoms. The average molecular weight is 530 g/mol. The van der Waals surface area contributed by atoms with Gasteiger partial charge in [-0.3, -0.25) is 5.43 Å². The van der Waals surface area contributed by atoms with Gasteiger partial charge in [0.2, 0.25) is 0 Å². The second kappa shape index (κ2) is 13.8. The highest BCUT2D eigenvalue weighted by Gasteiger charge is 2.29. The lowest BCUT2D eigenvalue weighted by atomic mass is 10.2. The van der Waals surface area contributed by atoms with Gasteiger partial charge in [-0.15, -0.1) is 0 Å². The lowest BCUT2D eigenvalue weighted by molar-refractivity contribution is -0.165. The van der Waals surface area contributed by atoms with Crippen LogP contribution in [-0.4, -0.2) is 105 Å². The number of hydrogen-bond donors (Lipinski definition) is 7. The molecule has 4 unspecified atom stereocenters. The molecule has 1 aromatic heterocycles. The zero-order valence-corrected chi connectivity index (χ0v) is 21.4. The van der Waals surface area contributed by atoms with Crippen LogP contribution in [0, 0.1) is 0 Å². The monoisotopic (exact) mass is 529 g/mol. The van der Waals surface area contributed by atoms with Crippen molar-refractivity contribution in [1.82, 2.24) is 25.7 Å². The van der Waals surface area contributed by atoms with Crippen LogP contribution in [0.25, 0.3) is 12.2 Å². The number of piperazine rings is 1. The van der Waals surface area contributed by atoms with Gasteiger partial charge in [0.15, 0.2) is 18.0 Å². The SMILES string of the molecule is CC1CC(Nc2cc(N3CCN(C)CC3)nc(C=Cc3ccccc3)n2)NN1.O=C(O)C(O)C(O)C(=O)O. The lowest BCUT2D eigenvalue weighted by Gasteiger charge is -2.33. The Morgan fingerprint density at radius 3 is 2.18 bits per heavy atom. The molecule has 206 valence electrons. The first-order valence-electron chi connectivity index (χ1n) is 12.3. The number of rotatable bonds is 8. The number of anilines is 2. The number of aliphatic hydroxyl groups excluding tert-OH is 2. The smallest absolute Gasteiger partial charge is 0.335 e. The third-order valence-corrected chi connectivity index (χ3v) is 6.00. The fraction of sp³-hybridized carbons (Fsp3) is 0.440. The van der Waals surface area contributed by atoms with Crippen LogP contribution >= 0.6 is 0 Å². The Morgan fingerprint density at radius 1 is 1.00 bits per heavy atom. The number of carboxylic acids is 2. The van der Waals surface area contributed by atoms with Crippen LogP contribution in [0.5, 0.6) is 0 Å². The van der Waals surface area contributed by atoms with Crippen molar-refractivity contribution in [1.29, 1.82) is 0 Å². The predicted molar refractivity (Wildman–Crippen MR) is 142 cm³/mol. The maximum Gasteiger partial charge on any atom is 0.335 e. The molecule has 3 heterocycles. The highest BCUT2D eigenvalue weighted by Crippen LogP contribution is 2.20. The number of carboxylic acid groups (broad SMARTS) is 2. The van der Waals surface area contributed by atoms with Crippen LogP contribution in [0.4, 0.5) is 11.6 Å². The van der Waals surface area contributed by atoms with E-state index in [9.17, 15) is 9.59 Å². The lowest BCUT2D eigenvalue weighted by Crippen LogP contribution is -2.45. The fourth-order valence-corrected chi connectivity index (χ4v) is 3.79. The average Bonchev–Trinajstić information content (AvgIpc) is 3.32. The van der Waals surface area contributed by atoms with Gasteiger partial charge in [-0.25, -0.2) is 25.0 Å². The van der Waals surface area contributed by atoms with Gasteiger partial charge in [0.05, 0.1) is 6.17 Å². The molecule has 0 radical (unpaired) electrons. The minimum absolute atomic E-state index is 0.163. The van der Waals surface area contributed by atoms with E-state index < -0.39 is 24.1 Å². The first kappa shape index (κ1) is 28.9. The van der Waals surface area contributed by atoms with Crippen molar-refractivity contribution >= 4 is 35.7 Å². The zero-order valence-electron chi connectivity index (χ0n) is 21.4. The molecule has 0 aliphatic carbocycles. The summed E-state index contributed by atoms with van der Waals surface area (Å²) in [5.41, 5.74) is 7.67. The normalized spacial score (nSPS) is 21.4. The van der Waals surface area contributed by atoms with Crippen molar-refractivity contribution < 1.29 is 30.0 Å². The van der Waals surface area contributed by atoms with Crippen molar-refractivity contribution in [3.8, 4) is 0 Å². The van der Waals surface area contributed by atoms with E-state index in [4.69, 9.17) is 30.4 Å². The van der Waals surface area contributed by atoms with Gasteiger partial charge in [0.1, 0.15) is 11.6 Å². The molecule has 0 saturated carbocycles. The maximum absolute atomic E-state index is 9.77. The highest BCUT2D eigenvalue weighted by atomic mass is 16.4. The van der Waals surface area contributed by atoms with E-state index in [0.29, 0.717) is 6.04 Å². The van der Waals surface area contributed by atoms with Crippen LogP contribution in [0.1, 0.15) is 24.7 Å². The van der Waals surface area contributed by atoms with Crippen molar-refractivity contribution in [2.75, 3.05) is 43.4 Å². The molecule has 2 aromatic rings. The minimum Gasteiger partial charge on any atom is -0.479 e. The quantitative estimate of drug-likeness (QED) is 0.241. The van der Waals surface area contributed by atoms with E-state index in [-0.39, 0.29) is 6.17 Å². The number of nitrogens with zero attached hydrogens (tertiary/aromatic N) is 4. The Balaban J connectivity index is 0.000000342. The van der Waals surface area contributed by atoms with Crippen LogP contribution in [0.15, 0.2) is 36.4 Å². The van der Waals surface area contributed by atoms with E-state index in [0.717, 1.165) is 55.6 Å². The molecular weight excluding hydrogens is 494 g/mol. The molecule has 4 atom stereocenters. The summed E-state index contributed by atoms with van der Waals surface area (Å²) >= 11 is 0. The maximum atomic E-state index is 9.77. The number of aliphatic hydroxyl groups is 2. The number of benzene rings is 1. The van der Waals surface area contributed by atoms with Crippen molar-refractivity contribution in [3.05, 3.63) is 47.8 Å². The fourth-order valence-electron chi connectivity index (χ4n) is 3.79. The van der Waals surface area contributed by atoms with E-state index >= 15 is 0 Å². The highest BCUT2D eigenvalue weighted by molar-refractivity contribution is 5.83. The molecular formula is C25H35N7O6. The Hall–Kier alpha value is -3.62. The third kappa shape index (κ3) is 8.75. The summed E-state index contributed by atoms with van der Waals surface area (Å²) in [6, 6.07) is 12.8. The molecule has 13 nitrogen and oxygen atoms in total. The van der Waals surface area contributed by atoms with E-state index in [1.807, 2.05) is 24.3 Å². The Kier molecular flexibility index (Phi) is 10.5. The zero-order chi connectivity index (χ0) is 27.7. The van der Waals surface area contributed by atoms with Gasteiger partial charge < -0.3 is 35.5 Å². The topological polar surface area (TPSA) is 183 Å². The summed E-state index contributed by atoms with van der Waals surface area (Å²) in [5.74, 6) is -0.978. The molecule has 7 N–H and O–H groups in total. The number of nitrogens with one attached hydrogen (secondary N) is 3. The Labute approximate surface area is 220 Å². The largest absolute Gasteiger partial charge is 0.479 e. The van der Waals surface area contributed by atoms with Gasteiger partial charge in [0, 0.05) is 38.3 Å². The summed E-state index contributed by atoms with van der Waals surface area (Å²) in [5, 5.41) is 36.0. The van der Waals surface area contributed by atoms with E-state index in [2.05, 4.69) is 64.2 Å². The van der Waals surface area contributed by atoms with Crippen LogP contribution in [0.2, 0.25) is 0 Å². The van der Waals surface area contributed by atoms with Gasteiger partial charge in [-0.1, -0.05) is 36.4 Å². The summed E-state index contributed by atoms with van der Waals surface area (Å²) in [4.78, 5) is 33.8. The first-order chi connectivity index (χ1) is 18.1. The number of aromatic nitrogens is 2. The third-order valence-electron chi connectivity index (χ3n) is 6.00. The van der Waals surface area contributed by atoms with Gasteiger partial charge in [0.25, 0.3) is 0 Å². The Morgan fingerprint density at radius 2 is 1.63 bits per heavy atom. The molecule has 2 fully saturated rings. The number of hydrogen-bond acceptors (Lipinski definition) is 11. The molecule has 13 heteroatoms. The molecule has 2 aliphatic rings. The van der Waals surface area contributed by atoms with Crippen LogP contribution in [-0.2, 0) is 9.59 Å². The molecule has 38 heavy (non-hydrogen) atoms. The number of carbonyl (C=O) groups is 2. The number of hydrazine groups is 1. The van der Waals surface area contributed by atoms with Crippen molar-refractivity contribution in [2.45, 2.75) is 37.8 Å². The minimum atomic E-state index is -2.27. The van der Waals surface area contributed by atoms with Crippen LogP contribution in [0.3, 0.4) is 0 Å². The summed E-state index contributed by atoms with van der Waals surface area (Å²) in [6.07, 6.45) is 0.683. The van der Waals surface area contributed by atoms with Gasteiger partial charge in [-0.05, 0) is 32.0 Å². The Bertz CT molecular complexity index is 1080. The van der Waals surface area contributed by atoms with Crippen LogP contribution < -0.4 is 21.1 Å². The molecule has 0 bridgehead atoms. The summed E-state index contributed by atoms with van der Waals surface area (Å²) in [6.45, 7) is 6.23. The van der Waals surface area contributed by atoms with Gasteiger partial charge >= 0.3 is 11.9 Å². The number of aliphatic carboxylic acids is 2. The molecule has 0 amide bonds. The molecule has 4 rings (SSSR count). The predicted octanol–water partition coefficient (Wildman–Crippen LogP) is -0.0994. The molecule has 2 saturated heterocycles. The second-order valence-electron chi connectivity index (χ2n) is 9.19. The van der Waals surface area contributed by atoms with Gasteiger partial charge in [-0.2, -0.15) is 0 Å². The van der Waals surface area contributed by atoms with E-state index in [1.165, 1.54) is 0 Å². The second-order valence-corrected chi connectivity index (χ2v) is 9.19.